The Morgan fingerprint density at radius 3 is 2.41 bits per heavy atom. The van der Waals surface area contributed by atoms with E-state index in [4.69, 9.17) is 0 Å². The Morgan fingerprint density at radius 2 is 1.59 bits per heavy atom. The highest BCUT2D eigenvalue weighted by Crippen LogP contribution is 2.35. The second-order valence-electron chi connectivity index (χ2n) is 4.18. The lowest BCUT2D eigenvalue weighted by Gasteiger charge is -2.01. The van der Waals surface area contributed by atoms with Crippen LogP contribution < -0.4 is 0 Å². The summed E-state index contributed by atoms with van der Waals surface area (Å²) >= 11 is 0. The summed E-state index contributed by atoms with van der Waals surface area (Å²) in [6.07, 6.45) is 2.20. The third kappa shape index (κ3) is 1.80. The lowest BCUT2D eigenvalue weighted by molar-refractivity contribution is 1.54. The molecular weight excluding hydrogens is 206 g/mol. The van der Waals surface area contributed by atoms with Gasteiger partial charge in [0.1, 0.15) is 0 Å². The topological polar surface area (TPSA) is 12.4 Å². The Morgan fingerprint density at radius 1 is 0.882 bits per heavy atom. The first-order chi connectivity index (χ1) is 8.34. The Balaban J connectivity index is 2.11. The highest BCUT2D eigenvalue weighted by molar-refractivity contribution is 6.31. The van der Waals surface area contributed by atoms with Crippen molar-refractivity contribution in [2.45, 2.75) is 6.92 Å². The molecule has 0 unspecified atom stereocenters. The maximum atomic E-state index is 4.58. The van der Waals surface area contributed by atoms with Crippen molar-refractivity contribution >= 4 is 23.0 Å². The van der Waals surface area contributed by atoms with E-state index in [0.717, 1.165) is 11.4 Å². The summed E-state index contributed by atoms with van der Waals surface area (Å²) < 4.78 is 0. The molecule has 0 radical (unpaired) electrons. The third-order valence-electron chi connectivity index (χ3n) is 2.98. The number of nitrogens with zero attached hydrogens (tertiary/aromatic N) is 1. The highest BCUT2D eigenvalue weighted by atomic mass is 14.8. The summed E-state index contributed by atoms with van der Waals surface area (Å²) in [7, 11) is 0. The molecule has 82 valence electrons. The zero-order chi connectivity index (χ0) is 11.7. The van der Waals surface area contributed by atoms with Gasteiger partial charge in [-0.1, -0.05) is 48.5 Å². The molecule has 2 aromatic rings. The fraction of sp³-hybridized carbons (Fsp3) is 0.0625. The molecule has 3 rings (SSSR count). The van der Waals surface area contributed by atoms with Gasteiger partial charge in [0.25, 0.3) is 0 Å². The number of hydrogen-bond acceptors (Lipinski definition) is 1. The molecule has 0 saturated carbocycles. The quantitative estimate of drug-likeness (QED) is 0.676. The van der Waals surface area contributed by atoms with Gasteiger partial charge in [-0.25, -0.2) is 0 Å². The Labute approximate surface area is 101 Å². The van der Waals surface area contributed by atoms with Crippen LogP contribution in [0.1, 0.15) is 18.1 Å². The minimum absolute atomic E-state index is 1.08. The van der Waals surface area contributed by atoms with E-state index in [0.29, 0.717) is 0 Å². The largest absolute Gasteiger partial charge is 0.252 e. The number of aliphatic imine (C=N–C) groups is 1. The standard InChI is InChI=1S/C16H13N/c1-12-15(11-13-7-3-2-4-8-13)14-9-5-6-10-16(14)17-12/h2-11H,1H3/b15-11+. The average Bonchev–Trinajstić information content (AvgIpc) is 2.68. The van der Waals surface area contributed by atoms with Gasteiger partial charge in [-0.2, -0.15) is 0 Å². The lowest BCUT2D eigenvalue weighted by atomic mass is 10.0. The van der Waals surface area contributed by atoms with Gasteiger partial charge in [-0.05, 0) is 24.6 Å². The summed E-state index contributed by atoms with van der Waals surface area (Å²) in [6, 6.07) is 18.6. The monoisotopic (exact) mass is 219 g/mol. The number of allylic oxidation sites excluding steroid dienone is 1. The van der Waals surface area contributed by atoms with Crippen LogP contribution in [-0.2, 0) is 0 Å². The van der Waals surface area contributed by atoms with Gasteiger partial charge in [0, 0.05) is 16.8 Å². The van der Waals surface area contributed by atoms with Crippen molar-refractivity contribution in [2.24, 2.45) is 4.99 Å². The molecule has 0 bridgehead atoms. The van der Waals surface area contributed by atoms with Gasteiger partial charge in [0.05, 0.1) is 5.69 Å². The van der Waals surface area contributed by atoms with Crippen molar-refractivity contribution in [2.75, 3.05) is 0 Å². The van der Waals surface area contributed by atoms with Crippen molar-refractivity contribution in [1.29, 1.82) is 0 Å². The first kappa shape index (κ1) is 10.0. The van der Waals surface area contributed by atoms with Gasteiger partial charge in [-0.3, -0.25) is 4.99 Å². The second kappa shape index (κ2) is 4.02. The van der Waals surface area contributed by atoms with E-state index in [1.54, 1.807) is 0 Å². The smallest absolute Gasteiger partial charge is 0.0712 e. The maximum Gasteiger partial charge on any atom is 0.0712 e. The molecule has 17 heavy (non-hydrogen) atoms. The SMILES string of the molecule is CC1=Nc2ccccc2/C1=C/c1ccccc1. The lowest BCUT2D eigenvalue weighted by Crippen LogP contribution is -1.89. The van der Waals surface area contributed by atoms with Crippen molar-refractivity contribution in [3.8, 4) is 0 Å². The number of rotatable bonds is 1. The van der Waals surface area contributed by atoms with Crippen molar-refractivity contribution in [1.82, 2.24) is 0 Å². The van der Waals surface area contributed by atoms with Gasteiger partial charge in [0.15, 0.2) is 0 Å². The molecule has 0 aliphatic carbocycles. The molecule has 1 aliphatic heterocycles. The van der Waals surface area contributed by atoms with Crippen LogP contribution in [0.25, 0.3) is 11.6 Å². The Bertz CT molecular complexity index is 606. The molecular formula is C16H13N. The van der Waals surface area contributed by atoms with Crippen LogP contribution in [0.4, 0.5) is 5.69 Å². The van der Waals surface area contributed by atoms with Crippen LogP contribution >= 0.6 is 0 Å². The number of hydrogen-bond donors (Lipinski definition) is 0. The van der Waals surface area contributed by atoms with E-state index < -0.39 is 0 Å². The normalized spacial score (nSPS) is 15.8. The van der Waals surface area contributed by atoms with Crippen molar-refractivity contribution in [3.05, 3.63) is 65.7 Å². The fourth-order valence-electron chi connectivity index (χ4n) is 2.13. The number of para-hydroxylation sites is 1. The Hall–Kier alpha value is -2.15. The molecule has 0 fully saturated rings. The molecule has 0 aromatic heterocycles. The van der Waals surface area contributed by atoms with E-state index in [1.807, 2.05) is 12.1 Å². The molecule has 0 amide bonds. The zero-order valence-electron chi connectivity index (χ0n) is 9.72. The van der Waals surface area contributed by atoms with Gasteiger partial charge < -0.3 is 0 Å². The minimum Gasteiger partial charge on any atom is -0.252 e. The van der Waals surface area contributed by atoms with Crippen LogP contribution in [-0.4, -0.2) is 5.71 Å². The van der Waals surface area contributed by atoms with E-state index >= 15 is 0 Å². The van der Waals surface area contributed by atoms with Crippen LogP contribution in [0.5, 0.6) is 0 Å². The van der Waals surface area contributed by atoms with Gasteiger partial charge in [0.2, 0.25) is 0 Å². The molecule has 1 heteroatoms. The first-order valence-electron chi connectivity index (χ1n) is 5.76. The third-order valence-corrected chi connectivity index (χ3v) is 2.98. The van der Waals surface area contributed by atoms with E-state index in [9.17, 15) is 0 Å². The van der Waals surface area contributed by atoms with Gasteiger partial charge in [-0.15, -0.1) is 0 Å². The summed E-state index contributed by atoms with van der Waals surface area (Å²) in [4.78, 5) is 4.58. The predicted molar refractivity (Wildman–Crippen MR) is 73.5 cm³/mol. The predicted octanol–water partition coefficient (Wildman–Crippen LogP) is 4.33. The van der Waals surface area contributed by atoms with Crippen LogP contribution in [0.3, 0.4) is 0 Å². The van der Waals surface area contributed by atoms with E-state index in [2.05, 4.69) is 60.5 Å². The summed E-state index contributed by atoms with van der Waals surface area (Å²) in [5.41, 5.74) is 5.84. The average molecular weight is 219 g/mol. The number of fused-ring (bicyclic) bond motifs is 1. The Kier molecular flexibility index (Phi) is 2.37. The second-order valence-corrected chi connectivity index (χ2v) is 4.18. The zero-order valence-corrected chi connectivity index (χ0v) is 9.72. The minimum atomic E-state index is 1.08. The molecule has 2 aromatic carbocycles. The van der Waals surface area contributed by atoms with Crippen LogP contribution in [0, 0.1) is 0 Å². The van der Waals surface area contributed by atoms with Crippen molar-refractivity contribution in [3.63, 3.8) is 0 Å². The van der Waals surface area contributed by atoms with Gasteiger partial charge >= 0.3 is 0 Å². The molecule has 0 N–H and O–H groups in total. The molecule has 0 saturated heterocycles. The molecule has 1 heterocycles. The van der Waals surface area contributed by atoms with E-state index in [1.165, 1.54) is 16.7 Å². The highest BCUT2D eigenvalue weighted by Gasteiger charge is 2.16. The summed E-state index contributed by atoms with van der Waals surface area (Å²) in [6.45, 7) is 2.06. The molecule has 0 atom stereocenters. The summed E-state index contributed by atoms with van der Waals surface area (Å²) in [5.74, 6) is 0. The molecule has 0 spiro atoms. The number of benzene rings is 2. The van der Waals surface area contributed by atoms with Crippen molar-refractivity contribution < 1.29 is 0 Å². The molecule has 1 aliphatic rings. The fourth-order valence-corrected chi connectivity index (χ4v) is 2.13. The summed E-state index contributed by atoms with van der Waals surface area (Å²) in [5, 5.41) is 0. The van der Waals surface area contributed by atoms with Crippen LogP contribution in [0.15, 0.2) is 59.6 Å². The van der Waals surface area contributed by atoms with E-state index in [-0.39, 0.29) is 0 Å². The maximum absolute atomic E-state index is 4.58. The molecule has 1 nitrogen and oxygen atoms in total. The van der Waals surface area contributed by atoms with Crippen LogP contribution in [0.2, 0.25) is 0 Å². The first-order valence-corrected chi connectivity index (χ1v) is 5.76.